The molecule has 0 unspecified atom stereocenters. The summed E-state index contributed by atoms with van der Waals surface area (Å²) in [5, 5.41) is 3.21. The van der Waals surface area contributed by atoms with E-state index in [-0.39, 0.29) is 17.4 Å². The van der Waals surface area contributed by atoms with Gasteiger partial charge >= 0.3 is 0 Å². The first-order valence-electron chi connectivity index (χ1n) is 8.60. The van der Waals surface area contributed by atoms with Crippen LogP contribution in [0.25, 0.3) is 10.2 Å². The molecule has 0 aliphatic carbocycles. The summed E-state index contributed by atoms with van der Waals surface area (Å²) in [5.74, 6) is 0.339. The summed E-state index contributed by atoms with van der Waals surface area (Å²) in [6.07, 6.45) is 1.53. The van der Waals surface area contributed by atoms with Gasteiger partial charge in [-0.05, 0) is 36.4 Å². The van der Waals surface area contributed by atoms with Crippen LogP contribution < -0.4 is 5.56 Å². The highest BCUT2D eigenvalue weighted by atomic mass is 32.2. The van der Waals surface area contributed by atoms with Crippen LogP contribution in [0.3, 0.4) is 0 Å². The summed E-state index contributed by atoms with van der Waals surface area (Å²) in [6.45, 7) is 0.406. The molecule has 0 atom stereocenters. The van der Waals surface area contributed by atoms with E-state index in [9.17, 15) is 14.4 Å². The van der Waals surface area contributed by atoms with E-state index in [1.165, 1.54) is 28.0 Å². The zero-order valence-corrected chi connectivity index (χ0v) is 16.3. The van der Waals surface area contributed by atoms with Gasteiger partial charge in [0.15, 0.2) is 5.16 Å². The highest BCUT2D eigenvalue weighted by Gasteiger charge is 2.34. The molecule has 138 valence electrons. The van der Waals surface area contributed by atoms with Crippen LogP contribution in [0.5, 0.6) is 0 Å². The number of hydrogen-bond donors (Lipinski definition) is 0. The molecule has 0 saturated carbocycles. The number of thiophene rings is 1. The Kier molecular flexibility index (Phi) is 4.84. The summed E-state index contributed by atoms with van der Waals surface area (Å²) in [6, 6.07) is 8.72. The molecule has 2 aromatic heterocycles. The lowest BCUT2D eigenvalue weighted by Gasteiger charge is -2.13. The lowest BCUT2D eigenvalue weighted by atomic mass is 10.1. The van der Waals surface area contributed by atoms with E-state index in [0.29, 0.717) is 34.6 Å². The zero-order valence-electron chi connectivity index (χ0n) is 14.7. The van der Waals surface area contributed by atoms with Gasteiger partial charge in [0.05, 0.1) is 16.5 Å². The molecule has 0 radical (unpaired) electrons. The first-order chi connectivity index (χ1) is 13.1. The van der Waals surface area contributed by atoms with Gasteiger partial charge in [0, 0.05) is 19.3 Å². The molecule has 0 saturated heterocycles. The fourth-order valence-corrected chi connectivity index (χ4v) is 4.86. The standard InChI is InChI=1S/C19H17N3O3S2/c1-21-16(23)14-8-11-26-15(14)20-19(21)27-10-5-4-9-22-17(24)12-6-2-3-7-13(12)18(22)25/h2-3,6-8,11H,4-5,9-10H2,1H3. The minimum atomic E-state index is -0.213. The Morgan fingerprint density at radius 1 is 1.04 bits per heavy atom. The average Bonchev–Trinajstić information content (AvgIpc) is 3.24. The molecule has 4 rings (SSSR count). The second kappa shape index (κ2) is 7.28. The quantitative estimate of drug-likeness (QED) is 0.276. The number of rotatable bonds is 6. The van der Waals surface area contributed by atoms with Gasteiger partial charge in [-0.25, -0.2) is 4.98 Å². The molecule has 3 aromatic rings. The Morgan fingerprint density at radius 2 is 1.74 bits per heavy atom. The Morgan fingerprint density at radius 3 is 2.44 bits per heavy atom. The molecule has 0 N–H and O–H groups in total. The monoisotopic (exact) mass is 399 g/mol. The minimum absolute atomic E-state index is 0.0326. The van der Waals surface area contributed by atoms with Crippen LogP contribution >= 0.6 is 23.1 Å². The minimum Gasteiger partial charge on any atom is -0.290 e. The normalized spacial score (nSPS) is 13.6. The number of carbonyl (C=O) groups excluding carboxylic acids is 2. The fraction of sp³-hybridized carbons (Fsp3) is 0.263. The van der Waals surface area contributed by atoms with Crippen molar-refractivity contribution in [2.45, 2.75) is 18.0 Å². The van der Waals surface area contributed by atoms with E-state index >= 15 is 0 Å². The second-order valence-corrected chi connectivity index (χ2v) is 8.22. The molecule has 0 fully saturated rings. The summed E-state index contributed by atoms with van der Waals surface area (Å²) >= 11 is 2.98. The number of nitrogens with zero attached hydrogens (tertiary/aromatic N) is 3. The number of imide groups is 1. The van der Waals surface area contributed by atoms with E-state index in [0.717, 1.165) is 17.0 Å². The fourth-order valence-electron chi connectivity index (χ4n) is 3.09. The molecule has 3 heterocycles. The molecule has 1 aliphatic heterocycles. The Hall–Kier alpha value is -2.45. The highest BCUT2D eigenvalue weighted by Crippen LogP contribution is 2.24. The van der Waals surface area contributed by atoms with Crippen LogP contribution in [0.4, 0.5) is 0 Å². The molecule has 8 heteroatoms. The second-order valence-electron chi connectivity index (χ2n) is 6.26. The maximum absolute atomic E-state index is 12.3. The van der Waals surface area contributed by atoms with Crippen molar-refractivity contribution in [3.05, 3.63) is 57.2 Å². The Bertz CT molecular complexity index is 1070. The SMILES string of the molecule is Cn1c(SCCCCN2C(=O)c3ccccc3C2=O)nc2sccc2c1=O. The molecule has 1 aromatic carbocycles. The van der Waals surface area contributed by atoms with Crippen molar-refractivity contribution < 1.29 is 9.59 Å². The van der Waals surface area contributed by atoms with Crippen LogP contribution in [-0.2, 0) is 7.05 Å². The van der Waals surface area contributed by atoms with Gasteiger partial charge in [-0.2, -0.15) is 0 Å². The number of unbranched alkanes of at least 4 members (excludes halogenated alkanes) is 1. The molecular weight excluding hydrogens is 382 g/mol. The smallest absolute Gasteiger partial charge is 0.262 e. The lowest BCUT2D eigenvalue weighted by Crippen LogP contribution is -2.30. The van der Waals surface area contributed by atoms with Crippen LogP contribution in [-0.4, -0.2) is 38.6 Å². The van der Waals surface area contributed by atoms with Crippen molar-refractivity contribution in [1.29, 1.82) is 0 Å². The van der Waals surface area contributed by atoms with E-state index in [1.807, 2.05) is 5.38 Å². The third kappa shape index (κ3) is 3.19. The van der Waals surface area contributed by atoms with Gasteiger partial charge in [0.25, 0.3) is 17.4 Å². The molecule has 1 aliphatic rings. The predicted molar refractivity (Wildman–Crippen MR) is 107 cm³/mol. The van der Waals surface area contributed by atoms with E-state index in [1.54, 1.807) is 41.9 Å². The van der Waals surface area contributed by atoms with Gasteiger partial charge in [0.2, 0.25) is 0 Å². The zero-order chi connectivity index (χ0) is 19.0. The van der Waals surface area contributed by atoms with Crippen LogP contribution in [0.15, 0.2) is 45.7 Å². The van der Waals surface area contributed by atoms with Gasteiger partial charge < -0.3 is 0 Å². The molecule has 0 spiro atoms. The van der Waals surface area contributed by atoms with Crippen LogP contribution in [0, 0.1) is 0 Å². The Labute approximate surface area is 163 Å². The number of carbonyl (C=O) groups is 2. The largest absolute Gasteiger partial charge is 0.290 e. The van der Waals surface area contributed by atoms with Gasteiger partial charge in [0.1, 0.15) is 4.83 Å². The van der Waals surface area contributed by atoms with Crippen molar-refractivity contribution in [2.75, 3.05) is 12.3 Å². The van der Waals surface area contributed by atoms with E-state index in [2.05, 4.69) is 4.98 Å². The van der Waals surface area contributed by atoms with E-state index < -0.39 is 0 Å². The number of amides is 2. The molecule has 2 amide bonds. The van der Waals surface area contributed by atoms with Crippen molar-refractivity contribution >= 4 is 45.1 Å². The topological polar surface area (TPSA) is 72.3 Å². The predicted octanol–water partition coefficient (Wildman–Crippen LogP) is 3.16. The third-order valence-corrected chi connectivity index (χ3v) is 6.47. The van der Waals surface area contributed by atoms with Crippen molar-refractivity contribution in [2.24, 2.45) is 7.05 Å². The van der Waals surface area contributed by atoms with E-state index in [4.69, 9.17) is 0 Å². The number of fused-ring (bicyclic) bond motifs is 2. The van der Waals surface area contributed by atoms with Crippen molar-refractivity contribution in [3.8, 4) is 0 Å². The van der Waals surface area contributed by atoms with Crippen LogP contribution in [0.2, 0.25) is 0 Å². The van der Waals surface area contributed by atoms with Crippen LogP contribution in [0.1, 0.15) is 33.6 Å². The first-order valence-corrected chi connectivity index (χ1v) is 10.5. The maximum atomic E-state index is 12.3. The van der Waals surface area contributed by atoms with Crippen molar-refractivity contribution in [3.63, 3.8) is 0 Å². The Balaban J connectivity index is 1.33. The molecular formula is C19H17N3O3S2. The summed E-state index contributed by atoms with van der Waals surface area (Å²) in [7, 11) is 1.73. The number of hydrogen-bond acceptors (Lipinski definition) is 6. The van der Waals surface area contributed by atoms with Crippen molar-refractivity contribution in [1.82, 2.24) is 14.5 Å². The molecule has 27 heavy (non-hydrogen) atoms. The number of benzene rings is 1. The maximum Gasteiger partial charge on any atom is 0.262 e. The third-order valence-electron chi connectivity index (χ3n) is 4.55. The summed E-state index contributed by atoms with van der Waals surface area (Å²) in [5.41, 5.74) is 0.940. The molecule has 0 bridgehead atoms. The number of aromatic nitrogens is 2. The highest BCUT2D eigenvalue weighted by molar-refractivity contribution is 7.99. The van der Waals surface area contributed by atoms with Gasteiger partial charge in [-0.3, -0.25) is 23.9 Å². The summed E-state index contributed by atoms with van der Waals surface area (Å²) < 4.78 is 1.57. The lowest BCUT2D eigenvalue weighted by molar-refractivity contribution is 0.0652. The summed E-state index contributed by atoms with van der Waals surface area (Å²) in [4.78, 5) is 43.6. The average molecular weight is 399 g/mol. The number of thioether (sulfide) groups is 1. The first kappa shape index (κ1) is 17.9. The molecule has 6 nitrogen and oxygen atoms in total. The van der Waals surface area contributed by atoms with Gasteiger partial charge in [-0.15, -0.1) is 11.3 Å². The van der Waals surface area contributed by atoms with Gasteiger partial charge in [-0.1, -0.05) is 23.9 Å².